The molecular formula is C20H26O2S2. The predicted octanol–water partition coefficient (Wildman–Crippen LogP) is 5.49. The van der Waals surface area contributed by atoms with Crippen LogP contribution in [0.1, 0.15) is 38.5 Å². The Labute approximate surface area is 153 Å². The maximum absolute atomic E-state index is 10.5. The van der Waals surface area contributed by atoms with Crippen LogP contribution in [0.15, 0.2) is 47.4 Å². The third kappa shape index (κ3) is 4.82. The molecule has 4 atom stereocenters. The van der Waals surface area contributed by atoms with Crippen molar-refractivity contribution in [3.63, 3.8) is 0 Å². The van der Waals surface area contributed by atoms with Gasteiger partial charge in [0.05, 0.1) is 0 Å². The standard InChI is InChI=1S/C20H26O2S2/c21-20(22)11-7-2-1-6-10-16-17(19-13-12-18(16)24-19)14-23-15-8-4-3-5-9-15/h1,3-6,8-9,16-19H,2,7,10-14H2,(H,21,22)/t16-,17+,18-,19+/m1/s1. The SMILES string of the molecule is O=C(O)CCCC=CC[C@@H]1[C@H](CSc2ccccc2)[C@@H]2CC[C@H]1S2. The van der Waals surface area contributed by atoms with Crippen molar-refractivity contribution in [3.8, 4) is 0 Å². The lowest BCUT2D eigenvalue weighted by molar-refractivity contribution is -0.137. The molecule has 1 aromatic rings. The topological polar surface area (TPSA) is 37.3 Å². The van der Waals surface area contributed by atoms with Crippen molar-refractivity contribution < 1.29 is 9.90 Å². The molecule has 0 amide bonds. The molecule has 0 aromatic heterocycles. The van der Waals surface area contributed by atoms with E-state index in [4.69, 9.17) is 5.11 Å². The van der Waals surface area contributed by atoms with Crippen molar-refractivity contribution in [2.45, 2.75) is 53.9 Å². The van der Waals surface area contributed by atoms with E-state index in [9.17, 15) is 4.79 Å². The molecule has 0 radical (unpaired) electrons. The number of benzene rings is 1. The molecule has 1 N–H and O–H groups in total. The van der Waals surface area contributed by atoms with Crippen molar-refractivity contribution in [3.05, 3.63) is 42.5 Å². The minimum Gasteiger partial charge on any atom is -0.481 e. The monoisotopic (exact) mass is 362 g/mol. The largest absolute Gasteiger partial charge is 0.481 e. The second-order valence-electron chi connectivity index (χ2n) is 6.74. The second-order valence-corrected chi connectivity index (χ2v) is 9.31. The summed E-state index contributed by atoms with van der Waals surface area (Å²) in [7, 11) is 0. The first kappa shape index (κ1) is 17.9. The number of carboxylic acid groups (broad SMARTS) is 1. The van der Waals surface area contributed by atoms with E-state index < -0.39 is 5.97 Å². The van der Waals surface area contributed by atoms with Gasteiger partial charge >= 0.3 is 5.97 Å². The average Bonchev–Trinajstić information content (AvgIpc) is 3.18. The van der Waals surface area contributed by atoms with Crippen LogP contribution in [0.2, 0.25) is 0 Å². The molecule has 130 valence electrons. The van der Waals surface area contributed by atoms with Crippen molar-refractivity contribution in [1.29, 1.82) is 0 Å². The molecule has 3 rings (SSSR count). The lowest BCUT2D eigenvalue weighted by atomic mass is 9.78. The van der Waals surface area contributed by atoms with E-state index in [-0.39, 0.29) is 6.42 Å². The summed E-state index contributed by atoms with van der Waals surface area (Å²) in [6.45, 7) is 0. The lowest BCUT2D eigenvalue weighted by Crippen LogP contribution is -2.28. The number of hydrogen-bond acceptors (Lipinski definition) is 3. The van der Waals surface area contributed by atoms with E-state index >= 15 is 0 Å². The molecular weight excluding hydrogens is 336 g/mol. The lowest BCUT2D eigenvalue weighted by Gasteiger charge is -2.28. The Morgan fingerprint density at radius 3 is 2.67 bits per heavy atom. The minimum atomic E-state index is -0.689. The van der Waals surface area contributed by atoms with Crippen LogP contribution >= 0.6 is 23.5 Å². The fourth-order valence-corrected chi connectivity index (χ4v) is 7.22. The van der Waals surface area contributed by atoms with Crippen LogP contribution in [0.25, 0.3) is 0 Å². The zero-order valence-electron chi connectivity index (χ0n) is 14.0. The number of hydrogen-bond donors (Lipinski definition) is 1. The molecule has 0 aliphatic carbocycles. The van der Waals surface area contributed by atoms with Gasteiger partial charge in [0, 0.05) is 27.6 Å². The maximum atomic E-state index is 10.5. The van der Waals surface area contributed by atoms with E-state index in [1.807, 2.05) is 11.8 Å². The Morgan fingerprint density at radius 1 is 1.17 bits per heavy atom. The molecule has 2 fully saturated rings. The van der Waals surface area contributed by atoms with Crippen molar-refractivity contribution in [2.75, 3.05) is 5.75 Å². The quantitative estimate of drug-likeness (QED) is 0.358. The van der Waals surface area contributed by atoms with E-state index in [1.54, 1.807) is 0 Å². The zero-order chi connectivity index (χ0) is 16.8. The van der Waals surface area contributed by atoms with Crippen LogP contribution < -0.4 is 0 Å². The molecule has 4 heteroatoms. The number of aliphatic carboxylic acids is 1. The Hall–Kier alpha value is -0.870. The summed E-state index contributed by atoms with van der Waals surface area (Å²) >= 11 is 4.24. The predicted molar refractivity (Wildman–Crippen MR) is 104 cm³/mol. The maximum Gasteiger partial charge on any atom is 0.303 e. The number of allylic oxidation sites excluding steroid dienone is 2. The summed E-state index contributed by atoms with van der Waals surface area (Å²) in [6.07, 6.45) is 10.4. The number of carboxylic acids is 1. The molecule has 0 spiro atoms. The van der Waals surface area contributed by atoms with Crippen LogP contribution in [-0.4, -0.2) is 27.3 Å². The zero-order valence-corrected chi connectivity index (χ0v) is 15.6. The Balaban J connectivity index is 1.47. The van der Waals surface area contributed by atoms with Crippen molar-refractivity contribution >= 4 is 29.5 Å². The first-order valence-corrected chi connectivity index (χ1v) is 10.9. The molecule has 24 heavy (non-hydrogen) atoms. The normalized spacial score (nSPS) is 28.7. The van der Waals surface area contributed by atoms with Gasteiger partial charge in [0.2, 0.25) is 0 Å². The van der Waals surface area contributed by atoms with Gasteiger partial charge in [-0.05, 0) is 56.1 Å². The average molecular weight is 363 g/mol. The fraction of sp³-hybridized carbons (Fsp3) is 0.550. The van der Waals surface area contributed by atoms with Gasteiger partial charge in [-0.3, -0.25) is 4.79 Å². The number of rotatable bonds is 9. The summed E-state index contributed by atoms with van der Waals surface area (Å²) < 4.78 is 0. The Kier molecular flexibility index (Phi) is 6.73. The number of fused-ring (bicyclic) bond motifs is 2. The fourth-order valence-electron chi connectivity index (χ4n) is 3.88. The first-order chi connectivity index (χ1) is 11.7. The number of unbranched alkanes of at least 4 members (excludes halogenated alkanes) is 1. The molecule has 0 saturated carbocycles. The number of carbonyl (C=O) groups is 1. The van der Waals surface area contributed by atoms with Gasteiger partial charge in [0.1, 0.15) is 0 Å². The summed E-state index contributed by atoms with van der Waals surface area (Å²) in [5.41, 5.74) is 0. The van der Waals surface area contributed by atoms with Gasteiger partial charge in [-0.2, -0.15) is 11.8 Å². The summed E-state index contributed by atoms with van der Waals surface area (Å²) in [4.78, 5) is 11.9. The first-order valence-electron chi connectivity index (χ1n) is 8.94. The van der Waals surface area contributed by atoms with Gasteiger partial charge in [0.15, 0.2) is 0 Å². The van der Waals surface area contributed by atoms with Crippen LogP contribution in [0.4, 0.5) is 0 Å². The summed E-state index contributed by atoms with van der Waals surface area (Å²) in [5.74, 6) is 2.17. The highest BCUT2D eigenvalue weighted by Crippen LogP contribution is 2.55. The van der Waals surface area contributed by atoms with E-state index in [0.29, 0.717) is 0 Å². The second kappa shape index (κ2) is 9.00. The summed E-state index contributed by atoms with van der Waals surface area (Å²) in [5, 5.41) is 10.4. The number of thioether (sulfide) groups is 2. The minimum absolute atomic E-state index is 0.282. The van der Waals surface area contributed by atoms with Crippen LogP contribution in [0, 0.1) is 11.8 Å². The molecule has 2 saturated heterocycles. The smallest absolute Gasteiger partial charge is 0.303 e. The van der Waals surface area contributed by atoms with Gasteiger partial charge < -0.3 is 5.11 Å². The highest BCUT2D eigenvalue weighted by atomic mass is 32.2. The highest BCUT2D eigenvalue weighted by Gasteiger charge is 2.47. The van der Waals surface area contributed by atoms with Gasteiger partial charge in [0.25, 0.3) is 0 Å². The summed E-state index contributed by atoms with van der Waals surface area (Å²) in [6, 6.07) is 10.7. The molecule has 2 aliphatic rings. The van der Waals surface area contributed by atoms with Crippen LogP contribution in [-0.2, 0) is 4.79 Å². The van der Waals surface area contributed by atoms with Crippen LogP contribution in [0.5, 0.6) is 0 Å². The molecule has 2 nitrogen and oxygen atoms in total. The molecule has 1 aromatic carbocycles. The van der Waals surface area contributed by atoms with E-state index in [2.05, 4.69) is 54.2 Å². The van der Waals surface area contributed by atoms with Gasteiger partial charge in [-0.25, -0.2) is 0 Å². The third-order valence-electron chi connectivity index (χ3n) is 5.11. The van der Waals surface area contributed by atoms with E-state index in [1.165, 1.54) is 29.9 Å². The molecule has 2 aliphatic heterocycles. The Bertz CT molecular complexity index is 558. The van der Waals surface area contributed by atoms with E-state index in [0.717, 1.165) is 35.2 Å². The molecule has 2 bridgehead atoms. The van der Waals surface area contributed by atoms with Crippen molar-refractivity contribution in [2.24, 2.45) is 11.8 Å². The Morgan fingerprint density at radius 2 is 1.92 bits per heavy atom. The molecule has 0 unspecified atom stereocenters. The van der Waals surface area contributed by atoms with Gasteiger partial charge in [-0.1, -0.05) is 30.4 Å². The van der Waals surface area contributed by atoms with Crippen LogP contribution in [0.3, 0.4) is 0 Å². The molecule has 2 heterocycles. The van der Waals surface area contributed by atoms with Gasteiger partial charge in [-0.15, -0.1) is 11.8 Å². The third-order valence-corrected chi connectivity index (χ3v) is 8.14. The highest BCUT2D eigenvalue weighted by molar-refractivity contribution is 8.01. The van der Waals surface area contributed by atoms with Crippen molar-refractivity contribution in [1.82, 2.24) is 0 Å².